The van der Waals surface area contributed by atoms with E-state index in [0.717, 1.165) is 5.56 Å². The van der Waals surface area contributed by atoms with Crippen molar-refractivity contribution >= 4 is 16.1 Å². The molecule has 0 unspecified atom stereocenters. The molecular weight excluding hydrogens is 224 g/mol. The Morgan fingerprint density at radius 1 is 1.12 bits per heavy atom. The minimum absolute atomic E-state index is 0.259. The summed E-state index contributed by atoms with van der Waals surface area (Å²) >= 11 is 0. The van der Waals surface area contributed by atoms with E-state index in [-0.39, 0.29) is 4.90 Å². The van der Waals surface area contributed by atoms with Crippen LogP contribution in [0.4, 0.5) is 0 Å². The van der Waals surface area contributed by atoms with E-state index >= 15 is 0 Å². The van der Waals surface area contributed by atoms with Crippen LogP contribution in [-0.4, -0.2) is 20.0 Å². The second-order valence-electron chi connectivity index (χ2n) is 4.19. The van der Waals surface area contributed by atoms with Gasteiger partial charge in [0.15, 0.2) is 9.84 Å². The van der Waals surface area contributed by atoms with Crippen LogP contribution in [0.5, 0.6) is 0 Å². The van der Waals surface area contributed by atoms with E-state index in [2.05, 4.69) is 0 Å². The van der Waals surface area contributed by atoms with Crippen molar-refractivity contribution in [2.45, 2.75) is 37.8 Å². The summed E-state index contributed by atoms with van der Waals surface area (Å²) in [5.74, 6) is 0. The van der Waals surface area contributed by atoms with Crippen LogP contribution in [0.1, 0.15) is 35.3 Å². The summed E-state index contributed by atoms with van der Waals surface area (Å²) in [6.45, 7) is 6.81. The largest absolute Gasteiger partial charge is 0.298 e. The molecule has 0 fully saturated rings. The maximum atomic E-state index is 12.0. The predicted molar refractivity (Wildman–Crippen MR) is 63.6 cm³/mol. The zero-order valence-electron chi connectivity index (χ0n) is 9.94. The molecule has 0 atom stereocenters. The maximum Gasteiger partial charge on any atom is 0.180 e. The molecule has 1 aromatic carbocycles. The van der Waals surface area contributed by atoms with Crippen LogP contribution >= 0.6 is 0 Å². The molecule has 0 saturated carbocycles. The molecule has 0 spiro atoms. The normalized spacial score (nSPS) is 11.8. The minimum atomic E-state index is -3.32. The summed E-state index contributed by atoms with van der Waals surface area (Å²) in [5.41, 5.74) is 1.93. The number of aldehydes is 1. The summed E-state index contributed by atoms with van der Waals surface area (Å²) in [7, 11) is -3.32. The molecule has 88 valence electrons. The summed E-state index contributed by atoms with van der Waals surface area (Å²) in [6.07, 6.45) is 0.689. The van der Waals surface area contributed by atoms with Crippen molar-refractivity contribution in [3.63, 3.8) is 0 Å². The fraction of sp³-hybridized carbons (Fsp3) is 0.417. The number of benzene rings is 1. The van der Waals surface area contributed by atoms with Gasteiger partial charge in [0.1, 0.15) is 6.29 Å². The predicted octanol–water partition coefficient (Wildman–Crippen LogP) is 2.30. The van der Waals surface area contributed by atoms with E-state index in [4.69, 9.17) is 0 Å². The van der Waals surface area contributed by atoms with Crippen molar-refractivity contribution in [3.05, 3.63) is 28.8 Å². The molecule has 0 N–H and O–H groups in total. The molecule has 1 aromatic rings. The lowest BCUT2D eigenvalue weighted by atomic mass is 10.1. The highest BCUT2D eigenvalue weighted by atomic mass is 32.2. The molecule has 0 amide bonds. The van der Waals surface area contributed by atoms with Crippen LogP contribution in [0.3, 0.4) is 0 Å². The molecule has 16 heavy (non-hydrogen) atoms. The highest BCUT2D eigenvalue weighted by Crippen LogP contribution is 2.23. The van der Waals surface area contributed by atoms with Gasteiger partial charge in [-0.05, 0) is 44.9 Å². The SMILES string of the molecule is Cc1cc(C)c(S(=O)(=O)C(C)C)cc1C=O. The minimum Gasteiger partial charge on any atom is -0.298 e. The smallest absolute Gasteiger partial charge is 0.180 e. The molecule has 0 aliphatic carbocycles. The average molecular weight is 240 g/mol. The van der Waals surface area contributed by atoms with Gasteiger partial charge in [0.2, 0.25) is 0 Å². The molecule has 0 heterocycles. The standard InChI is InChI=1S/C12H16O3S/c1-8(2)16(14,15)12-6-11(7-13)9(3)5-10(12)4/h5-8H,1-4H3. The van der Waals surface area contributed by atoms with E-state index in [9.17, 15) is 13.2 Å². The molecule has 1 rings (SSSR count). The van der Waals surface area contributed by atoms with Crippen LogP contribution in [0.2, 0.25) is 0 Å². The summed E-state index contributed by atoms with van der Waals surface area (Å²) in [5, 5.41) is -0.478. The van der Waals surface area contributed by atoms with Gasteiger partial charge in [-0.25, -0.2) is 8.42 Å². The summed E-state index contributed by atoms with van der Waals surface area (Å²) in [4.78, 5) is 11.1. The number of hydrogen-bond acceptors (Lipinski definition) is 3. The van der Waals surface area contributed by atoms with E-state index < -0.39 is 15.1 Å². The summed E-state index contributed by atoms with van der Waals surface area (Å²) < 4.78 is 24.0. The van der Waals surface area contributed by atoms with E-state index in [1.54, 1.807) is 33.8 Å². The van der Waals surface area contributed by atoms with Gasteiger partial charge in [0.05, 0.1) is 10.1 Å². The first-order chi connectivity index (χ1) is 7.30. The monoisotopic (exact) mass is 240 g/mol. The number of aryl methyl sites for hydroxylation is 2. The molecule has 0 saturated heterocycles. The van der Waals surface area contributed by atoms with Gasteiger partial charge in [-0.3, -0.25) is 4.79 Å². The van der Waals surface area contributed by atoms with Gasteiger partial charge in [-0.15, -0.1) is 0 Å². The molecular formula is C12H16O3S. The van der Waals surface area contributed by atoms with Crippen molar-refractivity contribution in [1.82, 2.24) is 0 Å². The second kappa shape index (κ2) is 4.37. The van der Waals surface area contributed by atoms with Crippen LogP contribution in [-0.2, 0) is 9.84 Å². The van der Waals surface area contributed by atoms with Gasteiger partial charge < -0.3 is 0 Å². The average Bonchev–Trinajstić information content (AvgIpc) is 2.17. The van der Waals surface area contributed by atoms with Gasteiger partial charge in [-0.2, -0.15) is 0 Å². The van der Waals surface area contributed by atoms with Crippen molar-refractivity contribution in [2.75, 3.05) is 0 Å². The maximum absolute atomic E-state index is 12.0. The lowest BCUT2D eigenvalue weighted by Crippen LogP contribution is -2.15. The van der Waals surface area contributed by atoms with E-state index in [1.807, 2.05) is 0 Å². The van der Waals surface area contributed by atoms with Crippen LogP contribution in [0.15, 0.2) is 17.0 Å². The number of sulfone groups is 1. The molecule has 0 aliphatic heterocycles. The Labute approximate surface area is 96.4 Å². The van der Waals surface area contributed by atoms with Gasteiger partial charge in [0.25, 0.3) is 0 Å². The fourth-order valence-electron chi connectivity index (χ4n) is 1.54. The third kappa shape index (κ3) is 2.16. The third-order valence-corrected chi connectivity index (χ3v) is 4.91. The Hall–Kier alpha value is -1.16. The van der Waals surface area contributed by atoms with Crippen molar-refractivity contribution in [1.29, 1.82) is 0 Å². The van der Waals surface area contributed by atoms with Crippen molar-refractivity contribution in [2.24, 2.45) is 0 Å². The van der Waals surface area contributed by atoms with Gasteiger partial charge in [-0.1, -0.05) is 6.07 Å². The number of carbonyl (C=O) groups excluding carboxylic acids is 1. The zero-order valence-corrected chi connectivity index (χ0v) is 10.8. The number of hydrogen-bond donors (Lipinski definition) is 0. The van der Waals surface area contributed by atoms with E-state index in [0.29, 0.717) is 17.4 Å². The highest BCUT2D eigenvalue weighted by molar-refractivity contribution is 7.92. The van der Waals surface area contributed by atoms with E-state index in [1.165, 1.54) is 6.07 Å². The first-order valence-corrected chi connectivity index (χ1v) is 6.65. The topological polar surface area (TPSA) is 51.2 Å². The molecule has 0 aromatic heterocycles. The van der Waals surface area contributed by atoms with Crippen LogP contribution in [0, 0.1) is 13.8 Å². The lowest BCUT2D eigenvalue weighted by Gasteiger charge is -2.12. The number of carbonyl (C=O) groups is 1. The first kappa shape index (κ1) is 12.9. The molecule has 0 bridgehead atoms. The second-order valence-corrected chi connectivity index (χ2v) is 6.66. The zero-order chi connectivity index (χ0) is 12.5. The Morgan fingerprint density at radius 2 is 1.69 bits per heavy atom. The highest BCUT2D eigenvalue weighted by Gasteiger charge is 2.22. The van der Waals surface area contributed by atoms with Crippen molar-refractivity contribution < 1.29 is 13.2 Å². The quantitative estimate of drug-likeness (QED) is 0.762. The molecule has 3 nitrogen and oxygen atoms in total. The third-order valence-electron chi connectivity index (χ3n) is 2.62. The van der Waals surface area contributed by atoms with Crippen LogP contribution in [0.25, 0.3) is 0 Å². The Balaban J connectivity index is 3.53. The summed E-state index contributed by atoms with van der Waals surface area (Å²) in [6, 6.07) is 3.20. The Morgan fingerprint density at radius 3 is 2.12 bits per heavy atom. The van der Waals surface area contributed by atoms with Gasteiger partial charge in [0, 0.05) is 5.56 Å². The lowest BCUT2D eigenvalue weighted by molar-refractivity contribution is 0.112. The van der Waals surface area contributed by atoms with Gasteiger partial charge >= 0.3 is 0 Å². The van der Waals surface area contributed by atoms with Crippen LogP contribution < -0.4 is 0 Å². The van der Waals surface area contributed by atoms with Crippen molar-refractivity contribution in [3.8, 4) is 0 Å². The molecule has 0 radical (unpaired) electrons. The first-order valence-electron chi connectivity index (χ1n) is 5.11. The Bertz CT molecular complexity index is 513. The fourth-order valence-corrected chi connectivity index (χ4v) is 2.84. The molecule has 0 aliphatic rings. The Kier molecular flexibility index (Phi) is 3.53. The number of rotatable bonds is 3. The molecule has 4 heteroatoms.